The molecule has 0 nitrogen and oxygen atoms in total. The molecule has 10 aliphatic heterocycles. The van der Waals surface area contributed by atoms with Crippen molar-refractivity contribution < 1.29 is 6.51 Å². The van der Waals surface area contributed by atoms with Crippen molar-refractivity contribution in [2.75, 3.05) is 0 Å². The molecule has 0 bridgehead atoms. The number of fused-ring (bicyclic) bond motifs is 10. The molecule has 230 valence electrons. The van der Waals surface area contributed by atoms with Gasteiger partial charge in [0.1, 0.15) is 0 Å². The van der Waals surface area contributed by atoms with Crippen LogP contribution in [-0.2, 0) is 6.51 Å². The van der Waals surface area contributed by atoms with Crippen LogP contribution in [0.5, 0.6) is 0 Å². The summed E-state index contributed by atoms with van der Waals surface area (Å²) in [5, 5.41) is 7.18. The third-order valence-electron chi connectivity index (χ3n) is 22.6. The molecular weight excluding hydrogens is 622 g/mol. The van der Waals surface area contributed by atoms with Gasteiger partial charge in [0.2, 0.25) is 0 Å². The summed E-state index contributed by atoms with van der Waals surface area (Å²) in [6, 6.07) is 29.9. The van der Waals surface area contributed by atoms with Gasteiger partial charge in [-0.1, -0.05) is 0 Å². The Bertz CT molecular complexity index is 2330. The first-order valence-corrected chi connectivity index (χ1v) is 26.4. The molecule has 0 amide bonds. The van der Waals surface area contributed by atoms with Crippen molar-refractivity contribution in [1.29, 1.82) is 0 Å². The van der Waals surface area contributed by atoms with E-state index in [1.54, 1.807) is 43.5 Å². The van der Waals surface area contributed by atoms with Crippen LogP contribution in [0.4, 0.5) is 0 Å². The van der Waals surface area contributed by atoms with Gasteiger partial charge in [-0.3, -0.25) is 0 Å². The molecule has 0 aromatic heterocycles. The summed E-state index contributed by atoms with van der Waals surface area (Å²) in [6.07, 6.45) is 0. The molecule has 10 aliphatic rings. The van der Waals surface area contributed by atoms with E-state index >= 15 is 0 Å². The second-order valence-electron chi connectivity index (χ2n) is 19.2. The van der Waals surface area contributed by atoms with Gasteiger partial charge < -0.3 is 0 Å². The van der Waals surface area contributed by atoms with Crippen LogP contribution in [0.15, 0.2) is 72.8 Å². The molecule has 10 fully saturated rings. The first-order chi connectivity index (χ1) is 21.4. The van der Waals surface area contributed by atoms with E-state index in [1.807, 2.05) is 0 Å². The zero-order valence-corrected chi connectivity index (χ0v) is 30.7. The van der Waals surface area contributed by atoms with Crippen LogP contribution in [0, 0.1) is 55.4 Å². The van der Waals surface area contributed by atoms with E-state index in [1.165, 1.54) is 60.8 Å². The van der Waals surface area contributed by atoms with Crippen molar-refractivity contribution in [3.63, 3.8) is 0 Å². The fourth-order valence-corrected chi connectivity index (χ4v) is 128. The van der Waals surface area contributed by atoms with Crippen molar-refractivity contribution in [2.24, 2.45) is 0 Å². The molecule has 4 atom stereocenters. The van der Waals surface area contributed by atoms with Gasteiger partial charge in [-0.25, -0.2) is 0 Å². The number of aryl methyl sites for hydroxylation is 4. The van der Waals surface area contributed by atoms with E-state index < -0.39 is 22.4 Å². The fraction of sp³-hybridized carbons (Fsp3) is 0.429. The Labute approximate surface area is 261 Å². The number of rotatable bonds is 6. The average molecular weight is 667 g/mol. The second kappa shape index (κ2) is 4.05. The van der Waals surface area contributed by atoms with Gasteiger partial charge in [0.25, 0.3) is 0 Å². The van der Waals surface area contributed by atoms with Crippen LogP contribution >= 0.6 is 15.8 Å². The molecule has 0 aliphatic carbocycles. The average Bonchev–Trinajstić information content (AvgIpc) is 3.97. The van der Waals surface area contributed by atoms with Crippen molar-refractivity contribution in [3.05, 3.63) is 117 Å². The molecule has 0 radical (unpaired) electrons. The first-order valence-electron chi connectivity index (χ1n) is 17.5. The van der Waals surface area contributed by atoms with Crippen molar-refractivity contribution >= 4 is 37.1 Å². The molecule has 0 N–H and O–H groups in total. The van der Waals surface area contributed by atoms with Crippen LogP contribution in [-0.4, -0.2) is 8.11 Å². The maximum atomic E-state index is 2.65. The van der Waals surface area contributed by atoms with Crippen LogP contribution in [0.25, 0.3) is 0 Å². The summed E-state index contributed by atoms with van der Waals surface area (Å²) in [4.78, 5) is 9.96. The van der Waals surface area contributed by atoms with E-state index in [0.717, 1.165) is 0 Å². The Morgan fingerprint density at radius 1 is 0.400 bits per heavy atom. The normalized spacial score (nSPS) is 54.2. The van der Waals surface area contributed by atoms with E-state index in [0.29, 0.717) is 8.11 Å². The summed E-state index contributed by atoms with van der Waals surface area (Å²) >= 11 is 0. The molecule has 3 heteroatoms. The summed E-state index contributed by atoms with van der Waals surface area (Å²) < 4.78 is 1.35. The maximum absolute atomic E-state index is 4.05. The SMILES string of the molecule is Cc1cccc(P(c2cccc(C)c2C)[C]23[CH]4[CH]5[CH]6[C]2(P(c2cccc(C)c2C)c2cccc(C)c2C)[Fe]54632789[CH]3[CH]2[CH]7[CH]8[CH]39)c1C. The van der Waals surface area contributed by atoms with Crippen molar-refractivity contribution in [3.8, 4) is 0 Å². The fourth-order valence-electron chi connectivity index (χ4n) is 22.4. The van der Waals surface area contributed by atoms with Crippen LogP contribution < -0.4 is 21.2 Å². The molecule has 10 saturated heterocycles. The van der Waals surface area contributed by atoms with Gasteiger partial charge in [0.05, 0.1) is 0 Å². The van der Waals surface area contributed by atoms with Gasteiger partial charge in [0.15, 0.2) is 0 Å². The van der Waals surface area contributed by atoms with Crippen molar-refractivity contribution in [2.45, 2.75) is 102 Å². The van der Waals surface area contributed by atoms with Gasteiger partial charge in [0, 0.05) is 0 Å². The predicted octanol–water partition coefficient (Wildman–Crippen LogP) is 9.92. The predicted molar refractivity (Wildman–Crippen MR) is 192 cm³/mol. The molecule has 0 saturated carbocycles. The zero-order valence-electron chi connectivity index (χ0n) is 27.8. The topological polar surface area (TPSA) is 0 Å². The second-order valence-corrected chi connectivity index (χ2v) is 47.9. The first kappa shape index (κ1) is 24.4. The van der Waals surface area contributed by atoms with E-state index in [2.05, 4.69) is 128 Å². The third-order valence-corrected chi connectivity index (χ3v) is 80.1. The number of hydrogen-bond acceptors (Lipinski definition) is 0. The summed E-state index contributed by atoms with van der Waals surface area (Å²) in [5.74, 6) is 0. The van der Waals surface area contributed by atoms with Gasteiger partial charge in [-0.15, -0.1) is 0 Å². The molecule has 14 rings (SSSR count). The van der Waals surface area contributed by atoms with E-state index in [-0.39, 0.29) is 0 Å². The zero-order chi connectivity index (χ0) is 30.5. The van der Waals surface area contributed by atoms with Gasteiger partial charge in [-0.05, 0) is 0 Å². The van der Waals surface area contributed by atoms with Crippen LogP contribution in [0.2, 0.25) is 38.5 Å². The molecule has 4 aromatic rings. The standard InChI is InChI=1S/C37H39P2.C5H5.Fe/c1-24-14-9-18-32(28(24)5)38(33-19-10-15-25(2)29(33)6)36-22-13-23-37(36)39(34-20-11-16-26(3)30(34)7)35-21-12-17-27(4)31(35)8;1-2-4-5-3-1;/h9-23H,1-8H3;1-5H;. The molecule has 45 heavy (non-hydrogen) atoms. The third kappa shape index (κ3) is 0.716. The van der Waals surface area contributed by atoms with Gasteiger partial charge in [-0.2, -0.15) is 0 Å². The Morgan fingerprint density at radius 2 is 0.667 bits per heavy atom. The molecule has 10 heterocycles. The minimum absolute atomic E-state index is 0.423. The minimum atomic E-state index is -4.05. The number of hydrogen-bond donors (Lipinski definition) is 0. The summed E-state index contributed by atoms with van der Waals surface area (Å²) in [7, 11) is -0.845. The van der Waals surface area contributed by atoms with Crippen molar-refractivity contribution in [1.82, 2.24) is 0 Å². The number of benzene rings is 4. The molecule has 4 unspecified atom stereocenters. The van der Waals surface area contributed by atoms with Gasteiger partial charge >= 0.3 is 263 Å². The Hall–Kier alpha value is -1.74. The Balaban J connectivity index is 1.17. The van der Waals surface area contributed by atoms with E-state index in [9.17, 15) is 0 Å². The van der Waals surface area contributed by atoms with E-state index in [4.69, 9.17) is 0 Å². The van der Waals surface area contributed by atoms with Crippen LogP contribution in [0.1, 0.15) is 44.5 Å². The monoisotopic (exact) mass is 666 g/mol. The Morgan fingerprint density at radius 3 is 0.889 bits per heavy atom. The molecule has 1 spiro atoms. The summed E-state index contributed by atoms with van der Waals surface area (Å²) in [6.45, 7) is 15.5. The molecule has 4 aromatic carbocycles. The Kier molecular flexibility index (Phi) is 2.20. The quantitative estimate of drug-likeness (QED) is 0.142. The van der Waals surface area contributed by atoms with Crippen LogP contribution in [0.3, 0.4) is 0 Å². The molecular formula is C42H44FeP2. The summed E-state index contributed by atoms with van der Waals surface area (Å²) in [5.41, 5.74) is 12.5.